The molecule has 82 valence electrons. The molecule has 0 saturated heterocycles. The molecule has 0 nitrogen and oxygen atoms in total. The Labute approximate surface area is 126 Å². The lowest BCUT2D eigenvalue weighted by molar-refractivity contribution is 1.47. The molecule has 0 aliphatic rings. The van der Waals surface area contributed by atoms with Crippen LogP contribution in [0.5, 0.6) is 0 Å². The summed E-state index contributed by atoms with van der Waals surface area (Å²) < 4.78 is 0.133. The Kier molecular flexibility index (Phi) is 5.62. The number of benzene rings is 1. The van der Waals surface area contributed by atoms with E-state index in [1.165, 1.54) is 0 Å². The van der Waals surface area contributed by atoms with E-state index in [0.717, 1.165) is 11.8 Å². The quantitative estimate of drug-likeness (QED) is 0.182. The second-order valence-corrected chi connectivity index (χ2v) is 6.64. The van der Waals surface area contributed by atoms with Crippen LogP contribution < -0.4 is 0 Å². The highest BCUT2D eigenvalue weighted by Crippen LogP contribution is 2.48. The zero-order valence-electron chi connectivity index (χ0n) is 6.58. The monoisotopic (exact) mass is 358 g/mol. The summed E-state index contributed by atoms with van der Waals surface area (Å²) >= 11 is 40.6. The van der Waals surface area contributed by atoms with Gasteiger partial charge in [-0.2, -0.15) is 0 Å². The van der Waals surface area contributed by atoms with Gasteiger partial charge in [-0.1, -0.05) is 93.6 Å². The largest absolute Gasteiger partial charge is 0.141 e. The van der Waals surface area contributed by atoms with E-state index in [2.05, 4.69) is 0 Å². The fraction of sp³-hybridized carbons (Fsp3) is 0. The first-order chi connectivity index (χ1) is 6.86. The summed E-state index contributed by atoms with van der Waals surface area (Å²) in [5.41, 5.74) is 0. The summed E-state index contributed by atoms with van der Waals surface area (Å²) in [7, 11) is 0. The van der Waals surface area contributed by atoms with Crippen LogP contribution in [0.3, 0.4) is 0 Å². The minimum absolute atomic E-state index is 0.109. The molecule has 0 fully saturated rings. The molecule has 0 heterocycles. The molecule has 1 aromatic rings. The van der Waals surface area contributed by atoms with Gasteiger partial charge in [-0.25, -0.2) is 0 Å². The lowest BCUT2D eigenvalue weighted by atomic mass is 10.3. The highest BCUT2D eigenvalue weighted by atomic mass is 35.5. The molecule has 0 spiro atoms. The molecule has 0 aliphatic carbocycles. The molecule has 0 bridgehead atoms. The molecule has 1 rings (SSSR count). The third-order valence-corrected chi connectivity index (χ3v) is 5.11. The molecule has 0 amide bonds. The standard InChI is InChI=1S/C7Cl6S2/c8-1-2(9)4(11)6(15-7(13)14)5(12)3(1)10. The average Bonchev–Trinajstić information content (AvgIpc) is 2.18. The van der Waals surface area contributed by atoms with E-state index in [1.807, 2.05) is 0 Å². The normalized spacial score (nSPS) is 10.5. The van der Waals surface area contributed by atoms with Crippen molar-refractivity contribution in [2.75, 3.05) is 0 Å². The third kappa shape index (κ3) is 3.20. The Hall–Kier alpha value is 1.40. The van der Waals surface area contributed by atoms with Crippen molar-refractivity contribution in [3.05, 3.63) is 25.1 Å². The Morgan fingerprint density at radius 1 is 0.800 bits per heavy atom. The maximum Gasteiger partial charge on any atom is 0.141 e. The van der Waals surface area contributed by atoms with Crippen molar-refractivity contribution in [3.63, 3.8) is 0 Å². The van der Waals surface area contributed by atoms with Gasteiger partial charge in [-0.3, -0.25) is 0 Å². The summed E-state index contributed by atoms with van der Waals surface area (Å²) in [6, 6.07) is 0. The van der Waals surface area contributed by atoms with Crippen LogP contribution in [-0.2, 0) is 0 Å². The van der Waals surface area contributed by atoms with Crippen molar-refractivity contribution in [3.8, 4) is 0 Å². The average molecular weight is 361 g/mol. The second kappa shape index (κ2) is 5.83. The van der Waals surface area contributed by atoms with E-state index in [4.69, 9.17) is 81.8 Å². The van der Waals surface area contributed by atoms with Crippen LogP contribution in [0.15, 0.2) is 4.90 Å². The van der Waals surface area contributed by atoms with E-state index in [0.29, 0.717) is 4.90 Å². The van der Waals surface area contributed by atoms with Gasteiger partial charge in [0.1, 0.15) is 3.66 Å². The van der Waals surface area contributed by atoms with Gasteiger partial charge in [0.15, 0.2) is 0 Å². The van der Waals surface area contributed by atoms with Crippen LogP contribution in [-0.4, -0.2) is 3.66 Å². The third-order valence-electron chi connectivity index (χ3n) is 1.35. The maximum absolute atomic E-state index is 5.92. The highest BCUT2D eigenvalue weighted by molar-refractivity contribution is 8.26. The molecular formula is C7Cl6S2. The molecule has 0 N–H and O–H groups in total. The first-order valence-corrected chi connectivity index (χ1v) is 6.74. The number of hydrogen-bond acceptors (Lipinski definition) is 2. The molecular weight excluding hydrogens is 361 g/mol. The van der Waals surface area contributed by atoms with Crippen molar-refractivity contribution in [2.24, 2.45) is 0 Å². The predicted molar refractivity (Wildman–Crippen MR) is 75.8 cm³/mol. The molecule has 0 aromatic heterocycles. The summed E-state index contributed by atoms with van der Waals surface area (Å²) in [5.74, 6) is 0. The van der Waals surface area contributed by atoms with E-state index >= 15 is 0 Å². The Morgan fingerprint density at radius 3 is 1.47 bits per heavy atom. The van der Waals surface area contributed by atoms with Crippen LogP contribution in [0, 0.1) is 0 Å². The summed E-state index contributed by atoms with van der Waals surface area (Å²) in [5, 5.41) is 0.734. The summed E-state index contributed by atoms with van der Waals surface area (Å²) in [4.78, 5) is 0.401. The number of hydrogen-bond donors (Lipinski definition) is 0. The van der Waals surface area contributed by atoms with E-state index in [9.17, 15) is 0 Å². The number of thiocarbonyl (C=S) groups is 1. The lowest BCUT2D eigenvalue weighted by Crippen LogP contribution is -1.85. The van der Waals surface area contributed by atoms with Crippen molar-refractivity contribution >= 4 is 97.2 Å². The van der Waals surface area contributed by atoms with Gasteiger partial charge in [0.2, 0.25) is 0 Å². The predicted octanol–water partition coefficient (Wildman–Crippen LogP) is 6.57. The minimum Gasteiger partial charge on any atom is -0.0813 e. The van der Waals surface area contributed by atoms with Gasteiger partial charge < -0.3 is 0 Å². The molecule has 0 saturated carbocycles. The fourth-order valence-electron chi connectivity index (χ4n) is 0.755. The van der Waals surface area contributed by atoms with E-state index < -0.39 is 0 Å². The van der Waals surface area contributed by atoms with Gasteiger partial charge >= 0.3 is 0 Å². The number of halogens is 6. The minimum atomic E-state index is 0.109. The van der Waals surface area contributed by atoms with Crippen molar-refractivity contribution in [1.29, 1.82) is 0 Å². The first-order valence-electron chi connectivity index (χ1n) is 3.25. The first kappa shape index (κ1) is 14.5. The Balaban J connectivity index is 3.45. The lowest BCUT2D eigenvalue weighted by Gasteiger charge is -2.10. The van der Waals surface area contributed by atoms with E-state index in [-0.39, 0.29) is 28.8 Å². The van der Waals surface area contributed by atoms with Gasteiger partial charge in [0, 0.05) is 0 Å². The molecule has 8 heteroatoms. The number of thioether (sulfide) groups is 1. The van der Waals surface area contributed by atoms with Gasteiger partial charge in [-0.15, -0.1) is 0 Å². The van der Waals surface area contributed by atoms with Crippen molar-refractivity contribution in [2.45, 2.75) is 4.90 Å². The fourth-order valence-corrected chi connectivity index (χ4v) is 3.26. The molecule has 0 radical (unpaired) electrons. The molecule has 15 heavy (non-hydrogen) atoms. The van der Waals surface area contributed by atoms with E-state index in [1.54, 1.807) is 0 Å². The number of rotatable bonds is 1. The zero-order valence-corrected chi connectivity index (χ0v) is 12.8. The molecule has 0 aliphatic heterocycles. The summed E-state index contributed by atoms with van der Waals surface area (Å²) in [6.45, 7) is 0. The smallest absolute Gasteiger partial charge is 0.0813 e. The van der Waals surface area contributed by atoms with Gasteiger partial charge in [0.25, 0.3) is 0 Å². The van der Waals surface area contributed by atoms with Crippen molar-refractivity contribution in [1.82, 2.24) is 0 Å². The van der Waals surface area contributed by atoms with Crippen LogP contribution in [0.2, 0.25) is 25.1 Å². The van der Waals surface area contributed by atoms with Crippen molar-refractivity contribution < 1.29 is 0 Å². The molecule has 1 aromatic carbocycles. The van der Waals surface area contributed by atoms with Crippen LogP contribution in [0.1, 0.15) is 0 Å². The van der Waals surface area contributed by atoms with Crippen LogP contribution in [0.4, 0.5) is 0 Å². The SMILES string of the molecule is S=C(Cl)Sc1c(Cl)c(Cl)c(Cl)c(Cl)c1Cl. The molecule has 0 unspecified atom stereocenters. The van der Waals surface area contributed by atoms with Gasteiger partial charge in [0.05, 0.1) is 30.0 Å². The topological polar surface area (TPSA) is 0 Å². The zero-order chi connectivity index (χ0) is 11.7. The Morgan fingerprint density at radius 2 is 1.13 bits per heavy atom. The summed E-state index contributed by atoms with van der Waals surface area (Å²) in [6.07, 6.45) is 0. The highest BCUT2D eigenvalue weighted by Gasteiger charge is 2.20. The maximum atomic E-state index is 5.92. The van der Waals surface area contributed by atoms with Crippen LogP contribution >= 0.6 is 93.6 Å². The Bertz CT molecular complexity index is 401. The van der Waals surface area contributed by atoms with Crippen LogP contribution in [0.25, 0.3) is 0 Å². The van der Waals surface area contributed by atoms with Gasteiger partial charge in [-0.05, 0) is 0 Å². The second-order valence-electron chi connectivity index (χ2n) is 2.24. The molecule has 0 atom stereocenters.